The number of nitrogens with one attached hydrogen (secondary N) is 1. The lowest BCUT2D eigenvalue weighted by molar-refractivity contribution is -0.890. The molecule has 1 atom stereocenters. The van der Waals surface area contributed by atoms with Gasteiger partial charge in [0.2, 0.25) is 0 Å². The fourth-order valence-electron chi connectivity index (χ4n) is 2.39. The van der Waals surface area contributed by atoms with Crippen LogP contribution in [-0.4, -0.2) is 37.5 Å². The lowest BCUT2D eigenvalue weighted by atomic mass is 10.2. The van der Waals surface area contributed by atoms with Crippen molar-refractivity contribution in [2.75, 3.05) is 26.2 Å². The number of rotatable bonds is 6. The van der Waals surface area contributed by atoms with E-state index in [0.29, 0.717) is 5.56 Å². The van der Waals surface area contributed by atoms with Gasteiger partial charge in [0.15, 0.2) is 0 Å². The van der Waals surface area contributed by atoms with Crippen molar-refractivity contribution < 1.29 is 19.1 Å². The third kappa shape index (κ3) is 4.05. The molecule has 2 N–H and O–H groups in total. The van der Waals surface area contributed by atoms with Crippen molar-refractivity contribution in [1.82, 2.24) is 0 Å². The summed E-state index contributed by atoms with van der Waals surface area (Å²) in [4.78, 5) is 1.44. The Morgan fingerprint density at radius 3 is 2.72 bits per heavy atom. The number of aliphatic hydroxyl groups excluding tert-OH is 1. The molecular formula is C14H21FNO2+. The Labute approximate surface area is 107 Å². The molecule has 1 aromatic carbocycles. The van der Waals surface area contributed by atoms with Crippen molar-refractivity contribution in [2.45, 2.75) is 25.6 Å². The first-order valence-corrected chi connectivity index (χ1v) is 6.58. The molecule has 1 heterocycles. The van der Waals surface area contributed by atoms with Gasteiger partial charge in [0.25, 0.3) is 0 Å². The molecule has 0 radical (unpaired) electrons. The summed E-state index contributed by atoms with van der Waals surface area (Å²) in [7, 11) is 0. The van der Waals surface area contributed by atoms with Crippen LogP contribution < -0.4 is 4.90 Å². The van der Waals surface area contributed by atoms with Crippen molar-refractivity contribution in [2.24, 2.45) is 0 Å². The van der Waals surface area contributed by atoms with Gasteiger partial charge in [-0.2, -0.15) is 0 Å². The van der Waals surface area contributed by atoms with Crippen molar-refractivity contribution in [3.05, 3.63) is 35.6 Å². The van der Waals surface area contributed by atoms with Gasteiger partial charge in [0.1, 0.15) is 18.5 Å². The Morgan fingerprint density at radius 1 is 1.28 bits per heavy atom. The van der Waals surface area contributed by atoms with Gasteiger partial charge in [0.05, 0.1) is 26.3 Å². The lowest BCUT2D eigenvalue weighted by Crippen LogP contribution is -3.11. The fraction of sp³-hybridized carbons (Fsp3) is 0.571. The van der Waals surface area contributed by atoms with Crippen LogP contribution in [0.5, 0.6) is 0 Å². The third-order valence-corrected chi connectivity index (χ3v) is 3.36. The van der Waals surface area contributed by atoms with Gasteiger partial charge in [-0.3, -0.25) is 0 Å². The van der Waals surface area contributed by atoms with E-state index in [1.165, 1.54) is 23.8 Å². The summed E-state index contributed by atoms with van der Waals surface area (Å²) in [5, 5.41) is 9.82. The van der Waals surface area contributed by atoms with Crippen LogP contribution in [0.1, 0.15) is 18.4 Å². The summed E-state index contributed by atoms with van der Waals surface area (Å²) in [5.74, 6) is -0.253. The second-order valence-corrected chi connectivity index (χ2v) is 4.92. The van der Waals surface area contributed by atoms with Crippen molar-refractivity contribution >= 4 is 0 Å². The van der Waals surface area contributed by atoms with Gasteiger partial charge >= 0.3 is 0 Å². The zero-order valence-corrected chi connectivity index (χ0v) is 10.6. The molecule has 1 aromatic rings. The van der Waals surface area contributed by atoms with Crippen LogP contribution in [0.15, 0.2) is 24.3 Å². The zero-order valence-electron chi connectivity index (χ0n) is 10.6. The predicted molar refractivity (Wildman–Crippen MR) is 66.9 cm³/mol. The van der Waals surface area contributed by atoms with Crippen LogP contribution in [0.3, 0.4) is 0 Å². The second kappa shape index (κ2) is 6.83. The van der Waals surface area contributed by atoms with Crippen LogP contribution in [0.25, 0.3) is 0 Å². The van der Waals surface area contributed by atoms with E-state index in [1.54, 1.807) is 18.2 Å². The Morgan fingerprint density at radius 2 is 2.00 bits per heavy atom. The van der Waals surface area contributed by atoms with Crippen LogP contribution in [0.4, 0.5) is 4.39 Å². The largest absolute Gasteiger partial charge is 0.385 e. The highest BCUT2D eigenvalue weighted by atomic mass is 19.1. The molecular weight excluding hydrogens is 233 g/mol. The topological polar surface area (TPSA) is 33.9 Å². The summed E-state index contributed by atoms with van der Waals surface area (Å²) in [6.45, 7) is 3.52. The van der Waals surface area contributed by atoms with Crippen LogP contribution in [0.2, 0.25) is 0 Å². The Balaban J connectivity index is 1.67. The van der Waals surface area contributed by atoms with Gasteiger partial charge in [-0.15, -0.1) is 0 Å². The highest BCUT2D eigenvalue weighted by molar-refractivity contribution is 5.16. The van der Waals surface area contributed by atoms with Crippen LogP contribution in [-0.2, 0) is 11.3 Å². The number of quaternary nitrogens is 1. The summed E-state index contributed by atoms with van der Waals surface area (Å²) >= 11 is 0. The average Bonchev–Trinajstić information content (AvgIpc) is 2.84. The molecule has 0 unspecified atom stereocenters. The van der Waals surface area contributed by atoms with Gasteiger partial charge in [-0.05, 0) is 6.07 Å². The van der Waals surface area contributed by atoms with E-state index < -0.39 is 6.10 Å². The molecule has 0 bridgehead atoms. The Bertz CT molecular complexity index is 367. The van der Waals surface area contributed by atoms with E-state index in [-0.39, 0.29) is 19.0 Å². The van der Waals surface area contributed by atoms with Crippen molar-refractivity contribution in [3.63, 3.8) is 0 Å². The minimum absolute atomic E-state index is 0.221. The maximum Gasteiger partial charge on any atom is 0.128 e. The number of halogens is 1. The molecule has 1 aliphatic rings. The molecule has 100 valence electrons. The minimum Gasteiger partial charge on any atom is -0.385 e. The minimum atomic E-state index is -0.454. The lowest BCUT2D eigenvalue weighted by Gasteiger charge is -2.16. The number of ether oxygens (including phenoxy) is 1. The predicted octanol–water partition coefficient (Wildman–Crippen LogP) is 0.382. The second-order valence-electron chi connectivity index (χ2n) is 4.92. The van der Waals surface area contributed by atoms with E-state index in [9.17, 15) is 9.50 Å². The molecule has 3 nitrogen and oxygen atoms in total. The summed E-state index contributed by atoms with van der Waals surface area (Å²) in [6.07, 6.45) is 2.04. The monoisotopic (exact) mass is 254 g/mol. The first kappa shape index (κ1) is 13.5. The van der Waals surface area contributed by atoms with Gasteiger partial charge in [0, 0.05) is 18.4 Å². The fourth-order valence-corrected chi connectivity index (χ4v) is 2.39. The number of likely N-dealkylation sites (tertiary alicyclic amines) is 1. The molecule has 0 aliphatic carbocycles. The zero-order chi connectivity index (χ0) is 12.8. The molecule has 2 rings (SSSR count). The Kier molecular flexibility index (Phi) is 5.11. The van der Waals surface area contributed by atoms with Gasteiger partial charge in [-0.1, -0.05) is 18.2 Å². The number of aliphatic hydroxyl groups is 1. The highest BCUT2D eigenvalue weighted by Gasteiger charge is 2.19. The number of hydrogen-bond donors (Lipinski definition) is 2. The highest BCUT2D eigenvalue weighted by Crippen LogP contribution is 2.07. The smallest absolute Gasteiger partial charge is 0.128 e. The maximum atomic E-state index is 13.3. The van der Waals surface area contributed by atoms with Crippen LogP contribution >= 0.6 is 0 Å². The van der Waals surface area contributed by atoms with E-state index in [4.69, 9.17) is 4.74 Å². The van der Waals surface area contributed by atoms with E-state index in [1.807, 2.05) is 0 Å². The van der Waals surface area contributed by atoms with Gasteiger partial charge < -0.3 is 14.7 Å². The normalized spacial score (nSPS) is 18.1. The standard InChI is InChI=1S/C14H20FNO2/c15-14-6-2-1-5-12(14)10-18-11-13(17)9-16-7-3-4-8-16/h1-2,5-6,13,17H,3-4,7-11H2/p+1/t13-/m0/s1. The molecule has 0 amide bonds. The molecule has 1 saturated heterocycles. The molecule has 0 aromatic heterocycles. The van der Waals surface area contributed by atoms with Crippen molar-refractivity contribution in [1.29, 1.82) is 0 Å². The van der Waals surface area contributed by atoms with Gasteiger partial charge in [-0.25, -0.2) is 4.39 Å². The molecule has 0 spiro atoms. The number of benzene rings is 1. The number of hydrogen-bond acceptors (Lipinski definition) is 2. The third-order valence-electron chi connectivity index (χ3n) is 3.36. The summed E-state index contributed by atoms with van der Waals surface area (Å²) in [5.41, 5.74) is 0.540. The summed E-state index contributed by atoms with van der Waals surface area (Å²) in [6, 6.07) is 6.56. The maximum absolute atomic E-state index is 13.3. The molecule has 18 heavy (non-hydrogen) atoms. The SMILES string of the molecule is O[C@H](COCc1ccccc1F)C[NH+]1CCCC1. The summed E-state index contributed by atoms with van der Waals surface area (Å²) < 4.78 is 18.7. The van der Waals surface area contributed by atoms with Crippen molar-refractivity contribution in [3.8, 4) is 0 Å². The molecule has 4 heteroatoms. The van der Waals surface area contributed by atoms with E-state index in [2.05, 4.69) is 0 Å². The Hall–Kier alpha value is -0.970. The van der Waals surface area contributed by atoms with Crippen LogP contribution in [0, 0.1) is 5.82 Å². The first-order valence-electron chi connectivity index (χ1n) is 6.58. The average molecular weight is 254 g/mol. The molecule has 1 fully saturated rings. The molecule has 0 saturated carbocycles. The molecule has 1 aliphatic heterocycles. The quantitative estimate of drug-likeness (QED) is 0.769. The van der Waals surface area contributed by atoms with E-state index >= 15 is 0 Å². The first-order chi connectivity index (χ1) is 8.75. The van der Waals surface area contributed by atoms with E-state index in [0.717, 1.165) is 19.6 Å².